The van der Waals surface area contributed by atoms with Gasteiger partial charge in [0.15, 0.2) is 0 Å². The van der Waals surface area contributed by atoms with Crippen molar-refractivity contribution >= 4 is 15.8 Å². The molecule has 42 heavy (non-hydrogen) atoms. The van der Waals surface area contributed by atoms with Gasteiger partial charge < -0.3 is 4.42 Å². The number of carbonyl (C=O) groups is 1. The smallest absolute Gasteiger partial charge is 0.449 e. The Kier molecular flexibility index (Phi) is 7.70. The summed E-state index contributed by atoms with van der Waals surface area (Å²) in [5, 5.41) is 0. The van der Waals surface area contributed by atoms with E-state index in [-0.39, 0.29) is 29.5 Å². The lowest BCUT2D eigenvalue weighted by Gasteiger charge is -2.24. The third-order valence-electron chi connectivity index (χ3n) is 7.96. The number of nitrogens with zero attached hydrogens (tertiary/aromatic N) is 1. The summed E-state index contributed by atoms with van der Waals surface area (Å²) >= 11 is 0. The summed E-state index contributed by atoms with van der Waals surface area (Å²) in [6.45, 7) is 6.46. The van der Waals surface area contributed by atoms with Crippen molar-refractivity contribution in [2.75, 3.05) is 0 Å². The fourth-order valence-corrected chi connectivity index (χ4v) is 7.50. The lowest BCUT2D eigenvalue weighted by Crippen LogP contribution is -2.31. The number of sulfonamides is 1. The molecule has 0 aliphatic heterocycles. The van der Waals surface area contributed by atoms with Crippen molar-refractivity contribution in [3.63, 3.8) is 0 Å². The van der Waals surface area contributed by atoms with Crippen molar-refractivity contribution in [3.8, 4) is 11.1 Å². The first-order chi connectivity index (χ1) is 19.7. The van der Waals surface area contributed by atoms with E-state index in [9.17, 15) is 26.4 Å². The van der Waals surface area contributed by atoms with E-state index in [2.05, 4.69) is 0 Å². The molecule has 0 atom stereocenters. The summed E-state index contributed by atoms with van der Waals surface area (Å²) in [6.07, 6.45) is -2.99. The molecular weight excluding hydrogens is 563 g/mol. The third-order valence-corrected chi connectivity index (χ3v) is 10.1. The van der Waals surface area contributed by atoms with Crippen molar-refractivity contribution in [2.24, 2.45) is 0 Å². The lowest BCUT2D eigenvalue weighted by molar-refractivity contribution is -0.153. The number of carbonyl (C=O) groups excluding carboxylic acids is 1. The minimum Gasteiger partial charge on any atom is -0.455 e. The second-order valence-electron chi connectivity index (χ2n) is 11.2. The number of rotatable bonds is 9. The van der Waals surface area contributed by atoms with Crippen LogP contribution in [0.15, 0.2) is 82.1 Å². The van der Waals surface area contributed by atoms with E-state index in [1.165, 1.54) is 0 Å². The minimum absolute atomic E-state index is 0.0785. The van der Waals surface area contributed by atoms with Crippen LogP contribution in [0.25, 0.3) is 11.1 Å². The van der Waals surface area contributed by atoms with Crippen LogP contribution in [0, 0.1) is 20.8 Å². The highest BCUT2D eigenvalue weighted by atomic mass is 32.2. The molecule has 1 heterocycles. The molecule has 0 saturated heterocycles. The highest BCUT2D eigenvalue weighted by Crippen LogP contribution is 2.49. The molecule has 0 amide bonds. The molecule has 0 bridgehead atoms. The highest BCUT2D eigenvalue weighted by Gasteiger charge is 2.48. The van der Waals surface area contributed by atoms with E-state index in [4.69, 9.17) is 4.42 Å². The Balaban J connectivity index is 1.47. The van der Waals surface area contributed by atoms with E-state index in [0.29, 0.717) is 16.7 Å². The molecule has 0 radical (unpaired) electrons. The van der Waals surface area contributed by atoms with Gasteiger partial charge in [-0.25, -0.2) is 8.42 Å². The highest BCUT2D eigenvalue weighted by molar-refractivity contribution is 7.89. The Bertz CT molecular complexity index is 1730. The summed E-state index contributed by atoms with van der Waals surface area (Å²) in [6, 6.07) is 20.8. The van der Waals surface area contributed by atoms with Gasteiger partial charge in [-0.15, -0.1) is 0 Å². The zero-order chi connectivity index (χ0) is 30.4. The number of benzene rings is 3. The number of hydrogen-bond donors (Lipinski definition) is 0. The van der Waals surface area contributed by atoms with E-state index >= 15 is 0 Å². The van der Waals surface area contributed by atoms with Crippen LogP contribution in [0.5, 0.6) is 0 Å². The largest absolute Gasteiger partial charge is 0.455 e. The molecule has 1 aliphatic carbocycles. The van der Waals surface area contributed by atoms with Gasteiger partial charge in [-0.1, -0.05) is 66.2 Å². The van der Waals surface area contributed by atoms with Gasteiger partial charge in [-0.05, 0) is 86.1 Å². The predicted octanol–water partition coefficient (Wildman–Crippen LogP) is 7.90. The fraction of sp³-hybridized carbons (Fsp3) is 0.303. The molecule has 5 nitrogen and oxygen atoms in total. The quantitative estimate of drug-likeness (QED) is 0.197. The predicted molar refractivity (Wildman–Crippen MR) is 154 cm³/mol. The maximum absolute atomic E-state index is 14.0. The number of alkyl halides is 3. The van der Waals surface area contributed by atoms with Crippen LogP contribution in [-0.4, -0.2) is 18.5 Å². The molecule has 0 spiro atoms. The lowest BCUT2D eigenvalue weighted by atomic mass is 9.89. The maximum atomic E-state index is 14.0. The van der Waals surface area contributed by atoms with Gasteiger partial charge in [0.2, 0.25) is 15.8 Å². The van der Waals surface area contributed by atoms with Crippen molar-refractivity contribution in [2.45, 2.75) is 70.1 Å². The summed E-state index contributed by atoms with van der Waals surface area (Å²) in [4.78, 5) is 12.4. The second kappa shape index (κ2) is 10.9. The normalized spacial score (nSPS) is 14.8. The van der Waals surface area contributed by atoms with Crippen molar-refractivity contribution < 1.29 is 30.8 Å². The average molecular weight is 596 g/mol. The van der Waals surface area contributed by atoms with Gasteiger partial charge in [-0.3, -0.25) is 4.79 Å². The number of hydrogen-bond acceptors (Lipinski definition) is 4. The van der Waals surface area contributed by atoms with Crippen molar-refractivity contribution in [3.05, 3.63) is 112 Å². The molecule has 9 heteroatoms. The van der Waals surface area contributed by atoms with Crippen LogP contribution >= 0.6 is 0 Å². The number of aryl methyl sites for hydroxylation is 3. The van der Waals surface area contributed by atoms with Crippen LogP contribution < -0.4 is 0 Å². The van der Waals surface area contributed by atoms with Gasteiger partial charge in [0.1, 0.15) is 11.5 Å². The molecule has 3 aromatic carbocycles. The standard InChI is InChI=1S/C33H32F3NO4S/c1-21-16-22(2)31(23(3)17-21)42(39,40)37(20-29-12-13-30(41-29)33(34,35)36)19-25-8-10-26(11-9-25)27-6-5-7-28(18-27)32(14-15-32)24(4)38/h5-13,16-18H,14-15,19-20H2,1-4H3. The Labute approximate surface area is 244 Å². The van der Waals surface area contributed by atoms with E-state index < -0.39 is 27.4 Å². The van der Waals surface area contributed by atoms with Crippen LogP contribution in [0.3, 0.4) is 0 Å². The average Bonchev–Trinajstić information content (AvgIpc) is 3.59. The Morgan fingerprint density at radius 3 is 2.07 bits per heavy atom. The molecule has 0 N–H and O–H groups in total. The molecule has 4 aromatic rings. The van der Waals surface area contributed by atoms with E-state index in [1.807, 2.05) is 43.3 Å². The summed E-state index contributed by atoms with van der Waals surface area (Å²) in [7, 11) is -4.13. The second-order valence-corrected chi connectivity index (χ2v) is 13.1. The van der Waals surface area contributed by atoms with Gasteiger partial charge in [0.05, 0.1) is 16.9 Å². The van der Waals surface area contributed by atoms with Crippen molar-refractivity contribution in [1.29, 1.82) is 0 Å². The molecular formula is C33H32F3NO4S. The van der Waals surface area contributed by atoms with Crippen molar-refractivity contribution in [1.82, 2.24) is 4.31 Å². The molecule has 1 aromatic heterocycles. The topological polar surface area (TPSA) is 67.6 Å². The van der Waals surface area contributed by atoms with Crippen LogP contribution in [0.2, 0.25) is 0 Å². The summed E-state index contributed by atoms with van der Waals surface area (Å²) in [5.41, 5.74) is 5.13. The first-order valence-electron chi connectivity index (χ1n) is 13.7. The molecule has 220 valence electrons. The van der Waals surface area contributed by atoms with Crippen LogP contribution in [0.4, 0.5) is 13.2 Å². The van der Waals surface area contributed by atoms with Crippen LogP contribution in [-0.2, 0) is 39.5 Å². The van der Waals surface area contributed by atoms with E-state index in [0.717, 1.165) is 51.5 Å². The number of furan rings is 1. The minimum atomic E-state index is -4.68. The Morgan fingerprint density at radius 2 is 1.52 bits per heavy atom. The molecule has 1 fully saturated rings. The summed E-state index contributed by atoms with van der Waals surface area (Å²) in [5.74, 6) is -1.13. The molecule has 1 saturated carbocycles. The first-order valence-corrected chi connectivity index (χ1v) is 15.1. The summed E-state index contributed by atoms with van der Waals surface area (Å²) < 4.78 is 73.8. The third kappa shape index (κ3) is 5.80. The fourth-order valence-electron chi connectivity index (χ4n) is 5.69. The van der Waals surface area contributed by atoms with Gasteiger partial charge >= 0.3 is 6.18 Å². The Morgan fingerprint density at radius 1 is 0.881 bits per heavy atom. The maximum Gasteiger partial charge on any atom is 0.449 e. The molecule has 5 rings (SSSR count). The van der Waals surface area contributed by atoms with Gasteiger partial charge in [0.25, 0.3) is 0 Å². The monoisotopic (exact) mass is 595 g/mol. The number of ketones is 1. The van der Waals surface area contributed by atoms with Gasteiger partial charge in [0, 0.05) is 6.54 Å². The van der Waals surface area contributed by atoms with Crippen LogP contribution in [0.1, 0.15) is 59.1 Å². The van der Waals surface area contributed by atoms with E-state index in [1.54, 1.807) is 45.0 Å². The zero-order valence-corrected chi connectivity index (χ0v) is 24.7. The molecule has 0 unspecified atom stereocenters. The number of halogens is 3. The Hall–Kier alpha value is -3.69. The first kappa shape index (κ1) is 29.8. The molecule has 1 aliphatic rings. The zero-order valence-electron chi connectivity index (χ0n) is 23.9. The number of Topliss-reactive ketones (excluding diaryl/α,β-unsaturated/α-hetero) is 1. The SMILES string of the molecule is CC(=O)C1(c2cccc(-c3ccc(CN(Cc4ccc(C(F)(F)F)o4)S(=O)(=O)c4c(C)cc(C)cc4C)cc3)c2)CC1. The van der Waals surface area contributed by atoms with Gasteiger partial charge in [-0.2, -0.15) is 17.5 Å².